The largest absolute Gasteiger partial charge is 0.481 e. The monoisotopic (exact) mass is 379 g/mol. The van der Waals surface area contributed by atoms with E-state index in [9.17, 15) is 9.18 Å². The summed E-state index contributed by atoms with van der Waals surface area (Å²) < 4.78 is 16.4. The molecule has 142 valence electrons. The molecule has 0 atom stereocenters. The van der Waals surface area contributed by atoms with Crippen LogP contribution in [0.4, 0.5) is 4.39 Å². The number of aliphatic carboxylic acids is 1. The lowest BCUT2D eigenvalue weighted by Gasteiger charge is -2.08. The number of carboxylic acids is 1. The first-order chi connectivity index (χ1) is 13.4. The maximum absolute atomic E-state index is 14.7. The van der Waals surface area contributed by atoms with E-state index in [1.165, 1.54) is 6.07 Å². The van der Waals surface area contributed by atoms with Crippen molar-refractivity contribution in [2.45, 2.75) is 26.8 Å². The van der Waals surface area contributed by atoms with Crippen LogP contribution in [-0.4, -0.2) is 35.8 Å². The lowest BCUT2D eigenvalue weighted by atomic mass is 10.1. The molecule has 0 spiro atoms. The van der Waals surface area contributed by atoms with Crippen molar-refractivity contribution in [2.75, 3.05) is 0 Å². The number of benzene rings is 1. The molecule has 0 radical (unpaired) electrons. The minimum atomic E-state index is -0.915. The maximum Gasteiger partial charge on any atom is 0.307 e. The van der Waals surface area contributed by atoms with Crippen molar-refractivity contribution in [3.63, 3.8) is 0 Å². The second kappa shape index (κ2) is 6.88. The number of imidazole rings is 1. The number of fused-ring (bicyclic) bond motifs is 1. The summed E-state index contributed by atoms with van der Waals surface area (Å²) in [5.74, 6) is -0.742. The van der Waals surface area contributed by atoms with Crippen LogP contribution in [0.2, 0.25) is 0 Å². The highest BCUT2D eigenvalue weighted by Crippen LogP contribution is 2.23. The summed E-state index contributed by atoms with van der Waals surface area (Å²) in [6.45, 7) is 3.78. The predicted molar refractivity (Wildman–Crippen MR) is 101 cm³/mol. The van der Waals surface area contributed by atoms with Gasteiger partial charge in [-0.25, -0.2) is 14.4 Å². The quantitative estimate of drug-likeness (QED) is 0.555. The Hall–Kier alpha value is -3.55. The number of nitrogens with one attached hydrogen (secondary N) is 1. The number of rotatable bonds is 5. The van der Waals surface area contributed by atoms with Crippen LogP contribution in [0.15, 0.2) is 36.5 Å². The molecule has 3 aromatic heterocycles. The lowest BCUT2D eigenvalue weighted by Crippen LogP contribution is -2.07. The molecule has 1 aromatic carbocycles. The van der Waals surface area contributed by atoms with Gasteiger partial charge < -0.3 is 10.1 Å². The molecule has 28 heavy (non-hydrogen) atoms. The van der Waals surface area contributed by atoms with Gasteiger partial charge >= 0.3 is 5.97 Å². The van der Waals surface area contributed by atoms with E-state index < -0.39 is 5.97 Å². The number of aromatic nitrogens is 5. The van der Waals surface area contributed by atoms with Gasteiger partial charge in [-0.1, -0.05) is 12.1 Å². The van der Waals surface area contributed by atoms with Gasteiger partial charge in [0.05, 0.1) is 24.2 Å². The van der Waals surface area contributed by atoms with Crippen LogP contribution in [0.1, 0.15) is 22.5 Å². The van der Waals surface area contributed by atoms with Gasteiger partial charge in [-0.3, -0.25) is 9.48 Å². The van der Waals surface area contributed by atoms with E-state index in [0.717, 1.165) is 11.2 Å². The van der Waals surface area contributed by atoms with E-state index >= 15 is 0 Å². The van der Waals surface area contributed by atoms with Crippen LogP contribution >= 0.6 is 0 Å². The molecule has 0 saturated carbocycles. The Morgan fingerprint density at radius 3 is 2.82 bits per heavy atom. The second-order valence-corrected chi connectivity index (χ2v) is 6.64. The fourth-order valence-corrected chi connectivity index (χ4v) is 3.26. The van der Waals surface area contributed by atoms with Gasteiger partial charge in [0.1, 0.15) is 11.6 Å². The zero-order valence-corrected chi connectivity index (χ0v) is 15.4. The number of carboxylic acid groups (broad SMARTS) is 1. The van der Waals surface area contributed by atoms with Crippen molar-refractivity contribution in [3.8, 4) is 11.4 Å². The molecule has 0 aliphatic rings. The molecular formula is C20H18FN5O2. The van der Waals surface area contributed by atoms with Crippen molar-refractivity contribution >= 4 is 17.1 Å². The van der Waals surface area contributed by atoms with Gasteiger partial charge in [0.15, 0.2) is 5.65 Å². The highest BCUT2D eigenvalue weighted by Gasteiger charge is 2.16. The summed E-state index contributed by atoms with van der Waals surface area (Å²) in [5.41, 5.74) is 4.49. The maximum atomic E-state index is 14.7. The van der Waals surface area contributed by atoms with E-state index in [4.69, 9.17) is 5.11 Å². The number of pyridine rings is 1. The smallest absolute Gasteiger partial charge is 0.307 e. The van der Waals surface area contributed by atoms with Crippen LogP contribution in [0.5, 0.6) is 0 Å². The highest BCUT2D eigenvalue weighted by molar-refractivity contribution is 5.75. The van der Waals surface area contributed by atoms with E-state index in [0.29, 0.717) is 33.9 Å². The number of H-pyrrole nitrogens is 1. The van der Waals surface area contributed by atoms with Gasteiger partial charge in [-0.05, 0) is 32.0 Å². The number of aryl methyl sites for hydroxylation is 1. The first kappa shape index (κ1) is 17.8. The summed E-state index contributed by atoms with van der Waals surface area (Å²) in [7, 11) is 0. The molecule has 0 unspecified atom stereocenters. The van der Waals surface area contributed by atoms with Crippen molar-refractivity contribution < 1.29 is 14.3 Å². The summed E-state index contributed by atoms with van der Waals surface area (Å²) in [6, 6.07) is 8.58. The first-order valence-electron chi connectivity index (χ1n) is 8.76. The number of nitrogens with zero attached hydrogens (tertiary/aromatic N) is 4. The molecule has 4 aromatic rings. The lowest BCUT2D eigenvalue weighted by molar-refractivity contribution is -0.136. The fourth-order valence-electron chi connectivity index (χ4n) is 3.26. The van der Waals surface area contributed by atoms with Crippen LogP contribution in [-0.2, 0) is 17.8 Å². The van der Waals surface area contributed by atoms with Gasteiger partial charge in [0.2, 0.25) is 0 Å². The molecule has 8 heteroatoms. The third kappa shape index (κ3) is 3.24. The van der Waals surface area contributed by atoms with E-state index in [1.807, 2.05) is 6.07 Å². The zero-order chi connectivity index (χ0) is 19.8. The van der Waals surface area contributed by atoms with E-state index in [2.05, 4.69) is 20.1 Å². The molecular weight excluding hydrogens is 361 g/mol. The zero-order valence-electron chi connectivity index (χ0n) is 15.4. The minimum absolute atomic E-state index is 0.0980. The predicted octanol–water partition coefficient (Wildman–Crippen LogP) is 3.25. The number of hydrogen-bond donors (Lipinski definition) is 2. The molecule has 0 saturated heterocycles. The normalized spacial score (nSPS) is 11.2. The van der Waals surface area contributed by atoms with Gasteiger partial charge in [-0.2, -0.15) is 5.10 Å². The van der Waals surface area contributed by atoms with Crippen LogP contribution < -0.4 is 0 Å². The third-order valence-corrected chi connectivity index (χ3v) is 4.76. The Labute approximate surface area is 159 Å². The van der Waals surface area contributed by atoms with Gasteiger partial charge in [-0.15, -0.1) is 0 Å². The van der Waals surface area contributed by atoms with E-state index in [-0.39, 0.29) is 18.8 Å². The highest BCUT2D eigenvalue weighted by atomic mass is 19.1. The number of halogens is 1. The second-order valence-electron chi connectivity index (χ2n) is 6.64. The average Bonchev–Trinajstić information content (AvgIpc) is 3.20. The molecule has 0 aliphatic carbocycles. The summed E-state index contributed by atoms with van der Waals surface area (Å²) >= 11 is 0. The van der Waals surface area contributed by atoms with Gasteiger partial charge in [0.25, 0.3) is 0 Å². The molecule has 3 heterocycles. The van der Waals surface area contributed by atoms with Crippen molar-refractivity contribution in [3.05, 3.63) is 64.9 Å². The topological polar surface area (TPSA) is 96.7 Å². The Balaban J connectivity index is 1.63. The number of carbonyl (C=O) groups is 1. The molecule has 0 aliphatic heterocycles. The Kier molecular flexibility index (Phi) is 4.38. The van der Waals surface area contributed by atoms with Crippen molar-refractivity contribution in [1.29, 1.82) is 0 Å². The fraction of sp³-hybridized carbons (Fsp3) is 0.200. The third-order valence-electron chi connectivity index (χ3n) is 4.76. The van der Waals surface area contributed by atoms with Crippen molar-refractivity contribution in [1.82, 2.24) is 24.7 Å². The molecule has 0 bridgehead atoms. The van der Waals surface area contributed by atoms with Gasteiger partial charge in [0, 0.05) is 28.6 Å². The molecule has 0 fully saturated rings. The molecule has 2 N–H and O–H groups in total. The van der Waals surface area contributed by atoms with Crippen LogP contribution in [0, 0.1) is 19.7 Å². The standard InChI is InChI=1S/C20H18FN5O2/c1-11-15(9-18(27)28)12(2)26(25-11)10-14-6-5-13(8-16(14)21)19-23-17-4-3-7-22-20(17)24-19/h3-8H,9-10H2,1-2H3,(H,27,28)(H,22,23,24). The number of hydrogen-bond acceptors (Lipinski definition) is 4. The average molecular weight is 379 g/mol. The van der Waals surface area contributed by atoms with Crippen molar-refractivity contribution in [2.24, 2.45) is 0 Å². The van der Waals surface area contributed by atoms with Crippen LogP contribution in [0.3, 0.4) is 0 Å². The van der Waals surface area contributed by atoms with Crippen LogP contribution in [0.25, 0.3) is 22.6 Å². The SMILES string of the molecule is Cc1nn(Cc2ccc(-c3nc4ncccc4[nH]3)cc2F)c(C)c1CC(=O)O. The van der Waals surface area contributed by atoms with E-state index in [1.54, 1.807) is 42.9 Å². The Bertz CT molecular complexity index is 1160. The Morgan fingerprint density at radius 2 is 2.11 bits per heavy atom. The summed E-state index contributed by atoms with van der Waals surface area (Å²) in [5, 5.41) is 13.4. The Morgan fingerprint density at radius 1 is 1.29 bits per heavy atom. The summed E-state index contributed by atoms with van der Waals surface area (Å²) in [6.07, 6.45) is 1.56. The molecule has 0 amide bonds. The number of aromatic amines is 1. The minimum Gasteiger partial charge on any atom is -0.481 e. The summed E-state index contributed by atoms with van der Waals surface area (Å²) in [4.78, 5) is 22.7. The molecule has 7 nitrogen and oxygen atoms in total. The molecule has 4 rings (SSSR count). The first-order valence-corrected chi connectivity index (χ1v) is 8.76.